The maximum absolute atomic E-state index is 5.59. The summed E-state index contributed by atoms with van der Waals surface area (Å²) < 4.78 is 10.0. The molecule has 1 atom stereocenters. The summed E-state index contributed by atoms with van der Waals surface area (Å²) in [6.07, 6.45) is 0. The van der Waals surface area contributed by atoms with E-state index < -0.39 is 0 Å². The monoisotopic (exact) mass is 289 g/mol. The molecule has 0 aliphatic carbocycles. The van der Waals surface area contributed by atoms with E-state index in [1.807, 2.05) is 31.2 Å². The van der Waals surface area contributed by atoms with Gasteiger partial charge in [0.05, 0.1) is 20.3 Å². The molecule has 0 saturated heterocycles. The molecule has 0 aliphatic heterocycles. The number of ether oxygens (including phenoxy) is 2. The molecular weight excluding hydrogens is 270 g/mol. The maximum Gasteiger partial charge on any atom is 0.324 e. The van der Waals surface area contributed by atoms with Crippen molar-refractivity contribution in [1.29, 1.82) is 0 Å². The van der Waals surface area contributed by atoms with Crippen LogP contribution in [0.3, 0.4) is 0 Å². The van der Waals surface area contributed by atoms with Crippen LogP contribution in [0.25, 0.3) is 0 Å². The zero-order valence-corrected chi connectivity index (χ0v) is 12.3. The van der Waals surface area contributed by atoms with Crippen LogP contribution in [0, 0.1) is 0 Å². The molecule has 2 rings (SSSR count). The molecule has 0 bridgehead atoms. The van der Waals surface area contributed by atoms with Crippen LogP contribution in [-0.2, 0) is 6.54 Å². The second kappa shape index (κ2) is 6.85. The lowest BCUT2D eigenvalue weighted by Crippen LogP contribution is -2.11. The van der Waals surface area contributed by atoms with E-state index in [0.717, 1.165) is 11.1 Å². The van der Waals surface area contributed by atoms with Crippen molar-refractivity contribution in [2.45, 2.75) is 19.5 Å². The summed E-state index contributed by atoms with van der Waals surface area (Å²) in [6, 6.07) is 8.48. The molecule has 1 aromatic carbocycles. The van der Waals surface area contributed by atoms with Crippen molar-refractivity contribution in [2.24, 2.45) is 5.73 Å². The van der Waals surface area contributed by atoms with Gasteiger partial charge in [0, 0.05) is 6.54 Å². The van der Waals surface area contributed by atoms with Gasteiger partial charge >= 0.3 is 12.0 Å². The lowest BCUT2D eigenvalue weighted by molar-refractivity contribution is 0.341. The minimum absolute atomic E-state index is 0.0219. The van der Waals surface area contributed by atoms with Crippen molar-refractivity contribution in [2.75, 3.05) is 19.5 Å². The van der Waals surface area contributed by atoms with Crippen LogP contribution in [0.15, 0.2) is 24.3 Å². The standard InChI is InChI=1S/C14H19N5O2/c1-9(11-6-4-10(8-15)5-7-11)16-12-17-13(20-2)19-14(18-12)21-3/h4-7,9H,8,15H2,1-3H3,(H,16,17,18,19). The van der Waals surface area contributed by atoms with E-state index >= 15 is 0 Å². The molecule has 0 radical (unpaired) electrons. The second-order valence-electron chi connectivity index (χ2n) is 4.44. The topological polar surface area (TPSA) is 95.2 Å². The summed E-state index contributed by atoms with van der Waals surface area (Å²) in [7, 11) is 2.99. The predicted molar refractivity (Wildman–Crippen MR) is 79.3 cm³/mol. The highest BCUT2D eigenvalue weighted by atomic mass is 16.5. The van der Waals surface area contributed by atoms with Gasteiger partial charge in [0.1, 0.15) is 0 Å². The number of methoxy groups -OCH3 is 2. The Morgan fingerprint density at radius 1 is 1.05 bits per heavy atom. The number of nitrogens with two attached hydrogens (primary N) is 1. The minimum atomic E-state index is 0.0219. The molecule has 7 heteroatoms. The molecule has 3 N–H and O–H groups in total. The van der Waals surface area contributed by atoms with E-state index in [9.17, 15) is 0 Å². The first-order valence-corrected chi connectivity index (χ1v) is 6.55. The van der Waals surface area contributed by atoms with Crippen molar-refractivity contribution in [3.05, 3.63) is 35.4 Å². The Morgan fingerprint density at radius 3 is 2.10 bits per heavy atom. The molecule has 2 aromatic rings. The van der Waals surface area contributed by atoms with E-state index in [-0.39, 0.29) is 18.1 Å². The van der Waals surface area contributed by atoms with Crippen LogP contribution in [-0.4, -0.2) is 29.2 Å². The Balaban J connectivity index is 2.15. The van der Waals surface area contributed by atoms with E-state index in [1.165, 1.54) is 14.2 Å². The van der Waals surface area contributed by atoms with Gasteiger partial charge in [0.15, 0.2) is 0 Å². The lowest BCUT2D eigenvalue weighted by atomic mass is 10.1. The summed E-state index contributed by atoms with van der Waals surface area (Å²) in [5, 5.41) is 3.19. The van der Waals surface area contributed by atoms with Gasteiger partial charge in [-0.05, 0) is 18.1 Å². The first-order valence-electron chi connectivity index (χ1n) is 6.55. The fourth-order valence-electron chi connectivity index (χ4n) is 1.80. The molecule has 0 spiro atoms. The molecule has 0 amide bonds. The fraction of sp³-hybridized carbons (Fsp3) is 0.357. The fourth-order valence-corrected chi connectivity index (χ4v) is 1.80. The number of anilines is 1. The van der Waals surface area contributed by atoms with Gasteiger partial charge in [-0.25, -0.2) is 0 Å². The first kappa shape index (κ1) is 15.0. The Morgan fingerprint density at radius 2 is 1.62 bits per heavy atom. The smallest absolute Gasteiger partial charge is 0.324 e. The summed E-state index contributed by atoms with van der Waals surface area (Å²) in [6.45, 7) is 2.55. The van der Waals surface area contributed by atoms with Gasteiger partial charge in [-0.15, -0.1) is 4.98 Å². The molecule has 0 fully saturated rings. The minimum Gasteiger partial charge on any atom is -0.467 e. The third kappa shape index (κ3) is 3.79. The summed E-state index contributed by atoms with van der Waals surface area (Å²) >= 11 is 0. The third-order valence-electron chi connectivity index (χ3n) is 3.02. The van der Waals surface area contributed by atoms with E-state index in [2.05, 4.69) is 20.3 Å². The SMILES string of the molecule is COc1nc(NC(C)c2ccc(CN)cc2)nc(OC)n1. The van der Waals surface area contributed by atoms with Gasteiger partial charge < -0.3 is 20.5 Å². The molecule has 21 heavy (non-hydrogen) atoms. The molecular formula is C14H19N5O2. The van der Waals surface area contributed by atoms with Crippen molar-refractivity contribution >= 4 is 5.95 Å². The predicted octanol–water partition coefficient (Wildman–Crippen LogP) is 1.52. The van der Waals surface area contributed by atoms with Crippen molar-refractivity contribution in [1.82, 2.24) is 15.0 Å². The third-order valence-corrected chi connectivity index (χ3v) is 3.02. The number of hydrogen-bond donors (Lipinski definition) is 2. The van der Waals surface area contributed by atoms with Crippen molar-refractivity contribution in [3.63, 3.8) is 0 Å². The largest absolute Gasteiger partial charge is 0.467 e. The molecule has 0 aliphatic rings. The summed E-state index contributed by atoms with van der Waals surface area (Å²) in [5.41, 5.74) is 7.79. The first-order chi connectivity index (χ1) is 10.2. The zero-order valence-electron chi connectivity index (χ0n) is 12.3. The Hall–Kier alpha value is -2.41. The van der Waals surface area contributed by atoms with Crippen molar-refractivity contribution < 1.29 is 9.47 Å². The molecule has 1 heterocycles. The van der Waals surface area contributed by atoms with Crippen LogP contribution >= 0.6 is 0 Å². The lowest BCUT2D eigenvalue weighted by Gasteiger charge is -2.15. The van der Waals surface area contributed by atoms with Gasteiger partial charge in [-0.1, -0.05) is 24.3 Å². The highest BCUT2D eigenvalue weighted by Crippen LogP contribution is 2.19. The number of rotatable bonds is 6. The molecule has 1 unspecified atom stereocenters. The van der Waals surface area contributed by atoms with Crippen LogP contribution < -0.4 is 20.5 Å². The summed E-state index contributed by atoms with van der Waals surface area (Å²) in [4.78, 5) is 12.2. The number of benzene rings is 1. The highest BCUT2D eigenvalue weighted by Gasteiger charge is 2.11. The van der Waals surface area contributed by atoms with Crippen LogP contribution in [0.2, 0.25) is 0 Å². The van der Waals surface area contributed by atoms with Crippen LogP contribution in [0.1, 0.15) is 24.1 Å². The van der Waals surface area contributed by atoms with E-state index in [4.69, 9.17) is 15.2 Å². The van der Waals surface area contributed by atoms with Crippen molar-refractivity contribution in [3.8, 4) is 12.0 Å². The number of aromatic nitrogens is 3. The Kier molecular flexibility index (Phi) is 4.89. The average molecular weight is 289 g/mol. The number of hydrogen-bond acceptors (Lipinski definition) is 7. The quantitative estimate of drug-likeness (QED) is 0.832. The molecule has 0 saturated carbocycles. The Labute approximate surface area is 123 Å². The van der Waals surface area contributed by atoms with Gasteiger partial charge in [0.2, 0.25) is 5.95 Å². The average Bonchev–Trinajstić information content (AvgIpc) is 2.54. The summed E-state index contributed by atoms with van der Waals surface area (Å²) in [5.74, 6) is 0.397. The van der Waals surface area contributed by atoms with E-state index in [0.29, 0.717) is 12.5 Å². The Bertz CT molecular complexity index is 566. The number of nitrogens with one attached hydrogen (secondary N) is 1. The molecule has 1 aromatic heterocycles. The molecule has 7 nitrogen and oxygen atoms in total. The highest BCUT2D eigenvalue weighted by molar-refractivity contribution is 5.34. The second-order valence-corrected chi connectivity index (χ2v) is 4.44. The van der Waals surface area contributed by atoms with E-state index in [1.54, 1.807) is 0 Å². The van der Waals surface area contributed by atoms with Crippen LogP contribution in [0.4, 0.5) is 5.95 Å². The van der Waals surface area contributed by atoms with Gasteiger partial charge in [0.25, 0.3) is 0 Å². The number of nitrogens with zero attached hydrogens (tertiary/aromatic N) is 3. The van der Waals surface area contributed by atoms with Gasteiger partial charge in [-0.2, -0.15) is 9.97 Å². The van der Waals surface area contributed by atoms with Gasteiger partial charge in [-0.3, -0.25) is 0 Å². The normalized spacial score (nSPS) is 11.8. The zero-order chi connectivity index (χ0) is 15.2. The van der Waals surface area contributed by atoms with Crippen LogP contribution in [0.5, 0.6) is 12.0 Å². The maximum atomic E-state index is 5.59. The molecule has 112 valence electrons.